The van der Waals surface area contributed by atoms with Crippen molar-refractivity contribution < 1.29 is 8.42 Å². The molecule has 30 heavy (non-hydrogen) atoms. The van der Waals surface area contributed by atoms with E-state index in [1.807, 2.05) is 55.5 Å². The zero-order chi connectivity index (χ0) is 21.3. The van der Waals surface area contributed by atoms with Gasteiger partial charge in [-0.3, -0.25) is 8.71 Å². The average Bonchev–Trinajstić information content (AvgIpc) is 3.14. The fourth-order valence-corrected chi connectivity index (χ4v) is 4.85. The van der Waals surface area contributed by atoms with E-state index in [1.165, 1.54) is 4.31 Å². The lowest BCUT2D eigenvalue weighted by Gasteiger charge is -2.25. The van der Waals surface area contributed by atoms with Crippen LogP contribution >= 0.6 is 0 Å². The number of hydrogen-bond acceptors (Lipinski definition) is 4. The normalized spacial score (nSPS) is 11.5. The number of benzene rings is 2. The van der Waals surface area contributed by atoms with Crippen LogP contribution in [0.1, 0.15) is 22.5 Å². The summed E-state index contributed by atoms with van der Waals surface area (Å²) in [4.78, 5) is 0.119. The molecule has 2 heterocycles. The number of sulfonamides is 1. The van der Waals surface area contributed by atoms with Crippen molar-refractivity contribution in [3.63, 3.8) is 0 Å². The lowest BCUT2D eigenvalue weighted by Crippen LogP contribution is -2.31. The number of aryl methyl sites for hydroxylation is 2. The maximum Gasteiger partial charge on any atom is 0.268 e. The van der Waals surface area contributed by atoms with Gasteiger partial charge in [0.25, 0.3) is 10.0 Å². The molecule has 2 aromatic carbocycles. The highest BCUT2D eigenvalue weighted by atomic mass is 32.2. The molecule has 0 aliphatic heterocycles. The number of rotatable bonds is 6. The summed E-state index contributed by atoms with van der Waals surface area (Å²) in [7, 11) is -3.90. The summed E-state index contributed by atoms with van der Waals surface area (Å²) in [6, 6.07) is 18.4. The molecule has 0 amide bonds. The lowest BCUT2D eigenvalue weighted by atomic mass is 10.1. The topological polar surface area (TPSA) is 67.6 Å². The van der Waals surface area contributed by atoms with Crippen LogP contribution in [0.4, 0.5) is 5.69 Å². The summed E-state index contributed by atoms with van der Waals surface area (Å²) in [6.07, 6.45) is 3.51. The smallest absolute Gasteiger partial charge is 0.268 e. The highest BCUT2D eigenvalue weighted by Crippen LogP contribution is 2.28. The van der Waals surface area contributed by atoms with Crippen LogP contribution in [0.15, 0.2) is 78.3 Å². The Morgan fingerprint density at radius 1 is 1.00 bits per heavy atom. The first-order chi connectivity index (χ1) is 14.4. The first-order valence-corrected chi connectivity index (χ1v) is 11.0. The van der Waals surface area contributed by atoms with Gasteiger partial charge in [-0.1, -0.05) is 54.6 Å². The van der Waals surface area contributed by atoms with E-state index in [0.717, 1.165) is 16.7 Å². The number of anilines is 1. The van der Waals surface area contributed by atoms with Crippen molar-refractivity contribution in [3.05, 3.63) is 96.0 Å². The quantitative estimate of drug-likeness (QED) is 0.466. The molecule has 0 spiro atoms. The molecule has 0 radical (unpaired) electrons. The Kier molecular flexibility index (Phi) is 5.13. The van der Waals surface area contributed by atoms with E-state index >= 15 is 0 Å². The Labute approximate surface area is 176 Å². The van der Waals surface area contributed by atoms with Crippen molar-refractivity contribution in [2.24, 2.45) is 0 Å². The second kappa shape index (κ2) is 7.76. The van der Waals surface area contributed by atoms with Crippen LogP contribution in [0.5, 0.6) is 0 Å². The lowest BCUT2D eigenvalue weighted by molar-refractivity contribution is 0.590. The molecule has 0 bridgehead atoms. The van der Waals surface area contributed by atoms with Crippen LogP contribution in [-0.4, -0.2) is 23.0 Å². The van der Waals surface area contributed by atoms with Gasteiger partial charge in [-0.05, 0) is 49.2 Å². The molecule has 0 aliphatic rings. The van der Waals surface area contributed by atoms with Gasteiger partial charge < -0.3 is 0 Å². The van der Waals surface area contributed by atoms with Gasteiger partial charge in [0.15, 0.2) is 5.65 Å². The van der Waals surface area contributed by atoms with Gasteiger partial charge in [0, 0.05) is 6.20 Å². The van der Waals surface area contributed by atoms with Crippen molar-refractivity contribution >= 4 is 27.4 Å². The minimum atomic E-state index is -3.90. The van der Waals surface area contributed by atoms with E-state index < -0.39 is 10.0 Å². The SMILES string of the molecule is C=Cc1ccc(CN(c2ccc(C)cc2)S(=O)(=O)c2cccn3c(C)nnc23)cc1. The predicted octanol–water partition coefficient (Wildman–Crippen LogP) is 4.38. The predicted molar refractivity (Wildman–Crippen MR) is 119 cm³/mol. The van der Waals surface area contributed by atoms with E-state index in [0.29, 0.717) is 17.2 Å². The van der Waals surface area contributed by atoms with Crippen molar-refractivity contribution in [3.8, 4) is 0 Å². The zero-order valence-electron chi connectivity index (χ0n) is 16.9. The summed E-state index contributed by atoms with van der Waals surface area (Å²) >= 11 is 0. The Morgan fingerprint density at radius 2 is 1.70 bits per heavy atom. The first kappa shape index (κ1) is 19.8. The van der Waals surface area contributed by atoms with Crippen molar-refractivity contribution in [2.75, 3.05) is 4.31 Å². The summed E-state index contributed by atoms with van der Waals surface area (Å²) in [6.45, 7) is 7.71. The summed E-state index contributed by atoms with van der Waals surface area (Å²) < 4.78 is 30.7. The second-order valence-electron chi connectivity index (χ2n) is 7.11. The Balaban J connectivity index is 1.84. The van der Waals surface area contributed by atoms with Crippen molar-refractivity contribution in [1.29, 1.82) is 0 Å². The molecule has 2 aromatic heterocycles. The van der Waals surface area contributed by atoms with E-state index in [1.54, 1.807) is 35.7 Å². The van der Waals surface area contributed by atoms with E-state index in [4.69, 9.17) is 0 Å². The summed E-state index contributed by atoms with van der Waals surface area (Å²) in [5, 5.41) is 8.14. The number of pyridine rings is 1. The summed E-state index contributed by atoms with van der Waals surface area (Å²) in [5.74, 6) is 0.629. The Bertz CT molecular complexity index is 1310. The fourth-order valence-electron chi connectivity index (χ4n) is 3.28. The molecule has 0 saturated carbocycles. The van der Waals surface area contributed by atoms with Gasteiger partial charge >= 0.3 is 0 Å². The monoisotopic (exact) mass is 418 g/mol. The van der Waals surface area contributed by atoms with Gasteiger partial charge in [0.1, 0.15) is 10.7 Å². The maximum absolute atomic E-state index is 13.8. The molecular weight excluding hydrogens is 396 g/mol. The number of hydrogen-bond donors (Lipinski definition) is 0. The molecule has 152 valence electrons. The highest BCUT2D eigenvalue weighted by molar-refractivity contribution is 7.93. The molecule has 0 N–H and O–H groups in total. The maximum atomic E-state index is 13.8. The summed E-state index contributed by atoms with van der Waals surface area (Å²) in [5.41, 5.74) is 3.81. The minimum absolute atomic E-state index is 0.119. The van der Waals surface area contributed by atoms with Gasteiger partial charge in [0.2, 0.25) is 0 Å². The number of aromatic nitrogens is 3. The highest BCUT2D eigenvalue weighted by Gasteiger charge is 2.28. The van der Waals surface area contributed by atoms with Gasteiger partial charge in [-0.15, -0.1) is 10.2 Å². The molecule has 0 atom stereocenters. The molecule has 0 fully saturated rings. The van der Waals surface area contributed by atoms with E-state index in [-0.39, 0.29) is 11.4 Å². The van der Waals surface area contributed by atoms with Crippen LogP contribution in [0.2, 0.25) is 0 Å². The molecule has 6 nitrogen and oxygen atoms in total. The van der Waals surface area contributed by atoms with Crippen LogP contribution in [0, 0.1) is 13.8 Å². The second-order valence-corrected chi connectivity index (χ2v) is 8.94. The molecule has 0 saturated heterocycles. The third-order valence-electron chi connectivity index (χ3n) is 5.00. The van der Waals surface area contributed by atoms with Gasteiger partial charge in [-0.2, -0.15) is 0 Å². The third kappa shape index (κ3) is 3.59. The molecule has 0 aliphatic carbocycles. The number of fused-ring (bicyclic) bond motifs is 1. The standard InChI is InChI=1S/C23H22N4O2S/c1-4-19-9-11-20(12-10-19)16-27(21-13-7-17(2)8-14-21)30(28,29)22-6-5-15-26-18(3)24-25-23(22)26/h4-15H,1,16H2,2-3H3. The van der Waals surface area contributed by atoms with Crippen LogP contribution in [0.3, 0.4) is 0 Å². The van der Waals surface area contributed by atoms with Crippen LogP contribution in [-0.2, 0) is 16.6 Å². The largest absolute Gasteiger partial charge is 0.286 e. The molecule has 7 heteroatoms. The zero-order valence-corrected chi connectivity index (χ0v) is 17.7. The van der Waals surface area contributed by atoms with E-state index in [2.05, 4.69) is 16.8 Å². The molecule has 4 rings (SSSR count). The Morgan fingerprint density at radius 3 is 2.37 bits per heavy atom. The average molecular weight is 419 g/mol. The van der Waals surface area contributed by atoms with Crippen molar-refractivity contribution in [1.82, 2.24) is 14.6 Å². The first-order valence-electron chi connectivity index (χ1n) is 9.51. The molecule has 0 unspecified atom stereocenters. The van der Waals surface area contributed by atoms with Gasteiger partial charge in [-0.25, -0.2) is 8.42 Å². The van der Waals surface area contributed by atoms with E-state index in [9.17, 15) is 8.42 Å². The van der Waals surface area contributed by atoms with Gasteiger partial charge in [0.05, 0.1) is 12.2 Å². The molecule has 4 aromatic rings. The van der Waals surface area contributed by atoms with Crippen molar-refractivity contribution in [2.45, 2.75) is 25.3 Å². The minimum Gasteiger partial charge on any atom is -0.286 e. The van der Waals surface area contributed by atoms with Crippen LogP contribution < -0.4 is 4.31 Å². The van der Waals surface area contributed by atoms with Crippen LogP contribution in [0.25, 0.3) is 11.7 Å². The Hall–Kier alpha value is -3.45. The number of nitrogens with zero attached hydrogens (tertiary/aromatic N) is 4. The molecular formula is C23H22N4O2S. The third-order valence-corrected chi connectivity index (χ3v) is 6.80. The fraction of sp³-hybridized carbons (Fsp3) is 0.130.